The molecule has 1 heterocycles. The van der Waals surface area contributed by atoms with Crippen LogP contribution in [0.1, 0.15) is 11.3 Å². The van der Waals surface area contributed by atoms with E-state index in [2.05, 4.69) is 21.0 Å². The van der Waals surface area contributed by atoms with Gasteiger partial charge in [0.1, 0.15) is 23.1 Å². The SMILES string of the molecule is CNc1snnc1COc1ccc(C#N)cc1. The predicted molar refractivity (Wildman–Crippen MR) is 64.9 cm³/mol. The number of nitrogens with one attached hydrogen (secondary N) is 1. The Labute approximate surface area is 103 Å². The van der Waals surface area contributed by atoms with Gasteiger partial charge in [-0.15, -0.1) is 5.10 Å². The summed E-state index contributed by atoms with van der Waals surface area (Å²) in [5, 5.41) is 16.5. The van der Waals surface area contributed by atoms with Crippen LogP contribution in [-0.4, -0.2) is 16.6 Å². The first-order valence-corrected chi connectivity index (χ1v) is 5.73. The molecule has 0 amide bonds. The Hall–Kier alpha value is -2.13. The maximum absolute atomic E-state index is 8.66. The summed E-state index contributed by atoms with van der Waals surface area (Å²) in [4.78, 5) is 0. The second-order valence-corrected chi connectivity index (χ2v) is 3.98. The minimum atomic E-state index is 0.360. The molecule has 1 aromatic carbocycles. The van der Waals surface area contributed by atoms with Crippen molar-refractivity contribution in [3.05, 3.63) is 35.5 Å². The summed E-state index contributed by atoms with van der Waals surface area (Å²) in [6.07, 6.45) is 0. The van der Waals surface area contributed by atoms with Gasteiger partial charge in [-0.3, -0.25) is 0 Å². The van der Waals surface area contributed by atoms with Crippen molar-refractivity contribution in [3.63, 3.8) is 0 Å². The number of ether oxygens (including phenoxy) is 1. The third-order valence-corrected chi connectivity index (χ3v) is 2.93. The van der Waals surface area contributed by atoms with Gasteiger partial charge >= 0.3 is 0 Å². The van der Waals surface area contributed by atoms with Gasteiger partial charge in [0.15, 0.2) is 0 Å². The smallest absolute Gasteiger partial charge is 0.136 e. The summed E-state index contributed by atoms with van der Waals surface area (Å²) < 4.78 is 9.39. The lowest BCUT2D eigenvalue weighted by Crippen LogP contribution is -1.99. The van der Waals surface area contributed by atoms with Gasteiger partial charge in [-0.1, -0.05) is 4.49 Å². The van der Waals surface area contributed by atoms with Gasteiger partial charge in [0.2, 0.25) is 0 Å². The van der Waals surface area contributed by atoms with E-state index in [1.165, 1.54) is 11.5 Å². The molecule has 0 spiro atoms. The summed E-state index contributed by atoms with van der Waals surface area (Å²) in [7, 11) is 1.82. The van der Waals surface area contributed by atoms with E-state index in [4.69, 9.17) is 10.00 Å². The molecule has 0 unspecified atom stereocenters. The van der Waals surface area contributed by atoms with E-state index < -0.39 is 0 Å². The molecule has 5 nitrogen and oxygen atoms in total. The average Bonchev–Trinajstić information content (AvgIpc) is 2.84. The van der Waals surface area contributed by atoms with Crippen LogP contribution in [0.5, 0.6) is 5.75 Å². The van der Waals surface area contributed by atoms with E-state index in [1.807, 2.05) is 7.05 Å². The predicted octanol–water partition coefficient (Wildman–Crippen LogP) is 2.03. The number of benzene rings is 1. The monoisotopic (exact) mass is 246 g/mol. The first kappa shape index (κ1) is 11.4. The van der Waals surface area contributed by atoms with Crippen LogP contribution >= 0.6 is 11.5 Å². The molecule has 0 saturated carbocycles. The molecule has 1 aromatic heterocycles. The average molecular weight is 246 g/mol. The highest BCUT2D eigenvalue weighted by molar-refractivity contribution is 7.10. The van der Waals surface area contributed by atoms with E-state index >= 15 is 0 Å². The quantitative estimate of drug-likeness (QED) is 0.893. The summed E-state index contributed by atoms with van der Waals surface area (Å²) >= 11 is 1.30. The molecule has 86 valence electrons. The lowest BCUT2D eigenvalue weighted by molar-refractivity contribution is 0.302. The molecule has 0 radical (unpaired) electrons. The molecule has 0 aliphatic heterocycles. The van der Waals surface area contributed by atoms with Crippen LogP contribution in [0.4, 0.5) is 5.00 Å². The molecule has 6 heteroatoms. The molecule has 17 heavy (non-hydrogen) atoms. The zero-order valence-electron chi connectivity index (χ0n) is 9.17. The third-order valence-electron chi connectivity index (χ3n) is 2.14. The normalized spacial score (nSPS) is 9.65. The molecular weight excluding hydrogens is 236 g/mol. The van der Waals surface area contributed by atoms with Gasteiger partial charge in [-0.25, -0.2) is 0 Å². The Kier molecular flexibility index (Phi) is 3.52. The first-order chi connectivity index (χ1) is 8.33. The number of rotatable bonds is 4. The highest BCUT2D eigenvalue weighted by atomic mass is 32.1. The number of hydrogen-bond donors (Lipinski definition) is 1. The van der Waals surface area contributed by atoms with Gasteiger partial charge in [-0.2, -0.15) is 5.26 Å². The van der Waals surface area contributed by atoms with E-state index in [0.717, 1.165) is 10.7 Å². The molecule has 2 aromatic rings. The fourth-order valence-electron chi connectivity index (χ4n) is 1.27. The Morgan fingerprint density at radius 1 is 1.41 bits per heavy atom. The van der Waals surface area contributed by atoms with Crippen LogP contribution in [0, 0.1) is 11.3 Å². The molecule has 2 rings (SSSR count). The minimum absolute atomic E-state index is 0.360. The van der Waals surface area contributed by atoms with Crippen molar-refractivity contribution in [1.29, 1.82) is 5.26 Å². The molecule has 0 aliphatic rings. The third kappa shape index (κ3) is 2.71. The Balaban J connectivity index is 2.00. The number of anilines is 1. The zero-order chi connectivity index (χ0) is 12.1. The number of nitriles is 1. The minimum Gasteiger partial charge on any atom is -0.487 e. The molecule has 0 saturated heterocycles. The van der Waals surface area contributed by atoms with Crippen molar-refractivity contribution >= 4 is 16.5 Å². The van der Waals surface area contributed by atoms with Gasteiger partial charge in [0.25, 0.3) is 0 Å². The molecule has 0 atom stereocenters. The second kappa shape index (κ2) is 5.27. The van der Waals surface area contributed by atoms with Gasteiger partial charge < -0.3 is 10.1 Å². The largest absolute Gasteiger partial charge is 0.487 e. The maximum atomic E-state index is 8.66. The topological polar surface area (TPSA) is 70.8 Å². The van der Waals surface area contributed by atoms with E-state index in [0.29, 0.717) is 17.9 Å². The van der Waals surface area contributed by atoms with Crippen LogP contribution in [0.2, 0.25) is 0 Å². The van der Waals surface area contributed by atoms with Crippen LogP contribution < -0.4 is 10.1 Å². The summed E-state index contributed by atoms with van der Waals surface area (Å²) in [5.41, 5.74) is 1.39. The van der Waals surface area contributed by atoms with Crippen molar-refractivity contribution in [3.8, 4) is 11.8 Å². The molecule has 0 bridgehead atoms. The summed E-state index contributed by atoms with van der Waals surface area (Å²) in [6, 6.07) is 9.01. The van der Waals surface area contributed by atoms with Crippen LogP contribution in [0.15, 0.2) is 24.3 Å². The second-order valence-electron chi connectivity index (χ2n) is 3.22. The molecule has 0 fully saturated rings. The molecular formula is C11H10N4OS. The van der Waals surface area contributed by atoms with E-state index in [1.54, 1.807) is 24.3 Å². The standard InChI is InChI=1S/C11H10N4OS/c1-13-11-10(14-15-17-11)7-16-9-4-2-8(6-12)3-5-9/h2-5,13H,7H2,1H3. The van der Waals surface area contributed by atoms with Gasteiger partial charge in [0, 0.05) is 18.6 Å². The number of nitrogens with zero attached hydrogens (tertiary/aromatic N) is 3. The van der Waals surface area contributed by atoms with Crippen LogP contribution in [0.25, 0.3) is 0 Å². The van der Waals surface area contributed by atoms with Crippen molar-refractivity contribution in [2.75, 3.05) is 12.4 Å². The molecule has 0 aliphatic carbocycles. The van der Waals surface area contributed by atoms with E-state index in [-0.39, 0.29) is 0 Å². The Bertz CT molecular complexity index is 529. The van der Waals surface area contributed by atoms with Crippen LogP contribution in [-0.2, 0) is 6.61 Å². The molecule has 1 N–H and O–H groups in total. The van der Waals surface area contributed by atoms with Crippen LogP contribution in [0.3, 0.4) is 0 Å². The Morgan fingerprint density at radius 2 is 2.18 bits per heavy atom. The highest BCUT2D eigenvalue weighted by Gasteiger charge is 2.06. The maximum Gasteiger partial charge on any atom is 0.136 e. The highest BCUT2D eigenvalue weighted by Crippen LogP contribution is 2.19. The number of aromatic nitrogens is 2. The van der Waals surface area contributed by atoms with Gasteiger partial charge in [-0.05, 0) is 24.3 Å². The van der Waals surface area contributed by atoms with Crippen molar-refractivity contribution in [2.24, 2.45) is 0 Å². The lowest BCUT2D eigenvalue weighted by atomic mass is 10.2. The van der Waals surface area contributed by atoms with Crippen molar-refractivity contribution < 1.29 is 4.74 Å². The van der Waals surface area contributed by atoms with E-state index in [9.17, 15) is 0 Å². The summed E-state index contributed by atoms with van der Waals surface area (Å²) in [5.74, 6) is 0.707. The van der Waals surface area contributed by atoms with Crippen molar-refractivity contribution in [2.45, 2.75) is 6.61 Å². The first-order valence-electron chi connectivity index (χ1n) is 4.95. The Morgan fingerprint density at radius 3 is 2.82 bits per heavy atom. The lowest BCUT2D eigenvalue weighted by Gasteiger charge is -2.04. The summed E-state index contributed by atoms with van der Waals surface area (Å²) in [6.45, 7) is 0.360. The van der Waals surface area contributed by atoms with Gasteiger partial charge in [0.05, 0.1) is 11.6 Å². The number of hydrogen-bond acceptors (Lipinski definition) is 6. The fourth-order valence-corrected chi connectivity index (χ4v) is 1.79. The van der Waals surface area contributed by atoms with Crippen molar-refractivity contribution in [1.82, 2.24) is 9.59 Å². The zero-order valence-corrected chi connectivity index (χ0v) is 9.99. The fraction of sp³-hybridized carbons (Fsp3) is 0.182.